The van der Waals surface area contributed by atoms with Gasteiger partial charge < -0.3 is 9.64 Å². The van der Waals surface area contributed by atoms with Gasteiger partial charge in [-0.05, 0) is 25.3 Å². The van der Waals surface area contributed by atoms with E-state index in [1.165, 1.54) is 0 Å². The van der Waals surface area contributed by atoms with Gasteiger partial charge in [0, 0.05) is 18.4 Å². The van der Waals surface area contributed by atoms with Gasteiger partial charge in [0.05, 0.1) is 6.61 Å². The van der Waals surface area contributed by atoms with Gasteiger partial charge in [-0.25, -0.2) is 0 Å². The van der Waals surface area contributed by atoms with E-state index in [2.05, 4.69) is 25.6 Å². The van der Waals surface area contributed by atoms with Crippen LogP contribution in [0.1, 0.15) is 12.8 Å². The van der Waals surface area contributed by atoms with Gasteiger partial charge in [0.2, 0.25) is 0 Å². The Kier molecular flexibility index (Phi) is 6.07. The summed E-state index contributed by atoms with van der Waals surface area (Å²) in [4.78, 5) is 2.17. The SMILES string of the molecule is FC(F)(F)COCCN1CCC(CCBr)C1. The van der Waals surface area contributed by atoms with Crippen LogP contribution in [0.2, 0.25) is 0 Å². The summed E-state index contributed by atoms with van der Waals surface area (Å²) in [7, 11) is 0. The van der Waals surface area contributed by atoms with Crippen LogP contribution in [0.5, 0.6) is 0 Å². The second-order valence-electron chi connectivity index (χ2n) is 4.10. The Labute approximate surface area is 102 Å². The summed E-state index contributed by atoms with van der Waals surface area (Å²) in [5.41, 5.74) is 0. The van der Waals surface area contributed by atoms with Gasteiger partial charge in [-0.1, -0.05) is 15.9 Å². The maximum absolute atomic E-state index is 11.8. The van der Waals surface area contributed by atoms with Crippen molar-refractivity contribution >= 4 is 15.9 Å². The first-order chi connectivity index (χ1) is 7.51. The lowest BCUT2D eigenvalue weighted by molar-refractivity contribution is -0.174. The monoisotopic (exact) mass is 303 g/mol. The molecule has 96 valence electrons. The summed E-state index contributed by atoms with van der Waals surface area (Å²) in [5.74, 6) is 0.682. The molecular formula is C10H17BrF3NO. The summed E-state index contributed by atoms with van der Waals surface area (Å²) in [6.45, 7) is 1.61. The fourth-order valence-corrected chi connectivity index (χ4v) is 2.53. The van der Waals surface area contributed by atoms with Crippen molar-refractivity contribution in [2.75, 3.05) is 38.2 Å². The number of hydrogen-bond acceptors (Lipinski definition) is 2. The van der Waals surface area contributed by atoms with E-state index in [9.17, 15) is 13.2 Å². The lowest BCUT2D eigenvalue weighted by Crippen LogP contribution is -2.27. The molecule has 1 aliphatic rings. The van der Waals surface area contributed by atoms with Crippen molar-refractivity contribution in [3.8, 4) is 0 Å². The number of ether oxygens (including phenoxy) is 1. The minimum atomic E-state index is -4.20. The van der Waals surface area contributed by atoms with Crippen molar-refractivity contribution in [2.45, 2.75) is 19.0 Å². The van der Waals surface area contributed by atoms with Crippen molar-refractivity contribution in [2.24, 2.45) is 5.92 Å². The molecule has 1 heterocycles. The Morgan fingerprint density at radius 2 is 2.12 bits per heavy atom. The first-order valence-corrected chi connectivity index (χ1v) is 6.56. The van der Waals surface area contributed by atoms with E-state index in [0.29, 0.717) is 12.5 Å². The summed E-state index contributed by atoms with van der Waals surface area (Å²) >= 11 is 3.40. The van der Waals surface area contributed by atoms with Crippen LogP contribution >= 0.6 is 15.9 Å². The molecule has 16 heavy (non-hydrogen) atoms. The molecule has 0 spiro atoms. The number of likely N-dealkylation sites (tertiary alicyclic amines) is 1. The Morgan fingerprint density at radius 1 is 1.38 bits per heavy atom. The van der Waals surface area contributed by atoms with Crippen LogP contribution in [0, 0.1) is 5.92 Å². The molecule has 0 amide bonds. The van der Waals surface area contributed by atoms with E-state index in [0.717, 1.165) is 31.3 Å². The van der Waals surface area contributed by atoms with E-state index in [-0.39, 0.29) is 6.61 Å². The van der Waals surface area contributed by atoms with E-state index in [4.69, 9.17) is 0 Å². The minimum Gasteiger partial charge on any atom is -0.371 e. The fourth-order valence-electron chi connectivity index (χ4n) is 1.89. The van der Waals surface area contributed by atoms with Crippen molar-refractivity contribution in [3.63, 3.8) is 0 Å². The highest BCUT2D eigenvalue weighted by Crippen LogP contribution is 2.20. The van der Waals surface area contributed by atoms with Gasteiger partial charge in [0.1, 0.15) is 6.61 Å². The lowest BCUT2D eigenvalue weighted by Gasteiger charge is -2.16. The number of nitrogens with zero attached hydrogens (tertiary/aromatic N) is 1. The summed E-state index contributed by atoms with van der Waals surface area (Å²) < 4.78 is 39.9. The van der Waals surface area contributed by atoms with Gasteiger partial charge in [-0.2, -0.15) is 13.2 Å². The first kappa shape index (κ1) is 14.3. The molecule has 0 aromatic heterocycles. The van der Waals surface area contributed by atoms with E-state index in [1.807, 2.05) is 0 Å². The van der Waals surface area contributed by atoms with Crippen LogP contribution < -0.4 is 0 Å². The van der Waals surface area contributed by atoms with Crippen molar-refractivity contribution in [3.05, 3.63) is 0 Å². The predicted octanol–water partition coefficient (Wildman–Crippen LogP) is 2.67. The number of hydrogen-bond donors (Lipinski definition) is 0. The third-order valence-electron chi connectivity index (χ3n) is 2.70. The van der Waals surface area contributed by atoms with Crippen LogP contribution in [0.4, 0.5) is 13.2 Å². The van der Waals surface area contributed by atoms with Crippen LogP contribution in [0.15, 0.2) is 0 Å². The zero-order valence-corrected chi connectivity index (χ0v) is 10.7. The van der Waals surface area contributed by atoms with Crippen LogP contribution in [0.3, 0.4) is 0 Å². The second kappa shape index (κ2) is 6.81. The van der Waals surface area contributed by atoms with Gasteiger partial charge in [0.25, 0.3) is 0 Å². The molecule has 2 nitrogen and oxygen atoms in total. The summed E-state index contributed by atoms with van der Waals surface area (Å²) in [5, 5.41) is 0.996. The number of rotatable bonds is 6. The molecule has 0 aromatic carbocycles. The molecule has 0 radical (unpaired) electrons. The normalized spacial score (nSPS) is 22.9. The molecule has 0 aliphatic carbocycles. The zero-order chi connectivity index (χ0) is 12.0. The number of alkyl halides is 4. The second-order valence-corrected chi connectivity index (χ2v) is 4.89. The topological polar surface area (TPSA) is 12.5 Å². The van der Waals surface area contributed by atoms with Gasteiger partial charge in [-0.15, -0.1) is 0 Å². The summed E-state index contributed by atoms with van der Waals surface area (Å²) in [6.07, 6.45) is -1.92. The average molecular weight is 304 g/mol. The third-order valence-corrected chi connectivity index (χ3v) is 3.16. The molecule has 0 bridgehead atoms. The Morgan fingerprint density at radius 3 is 2.75 bits per heavy atom. The van der Waals surface area contributed by atoms with Gasteiger partial charge in [-0.3, -0.25) is 0 Å². The van der Waals surface area contributed by atoms with E-state index < -0.39 is 12.8 Å². The van der Waals surface area contributed by atoms with Gasteiger partial charge in [0.15, 0.2) is 0 Å². The van der Waals surface area contributed by atoms with Crippen LogP contribution in [0.25, 0.3) is 0 Å². The van der Waals surface area contributed by atoms with E-state index >= 15 is 0 Å². The molecule has 1 aliphatic heterocycles. The molecule has 1 saturated heterocycles. The highest BCUT2D eigenvalue weighted by molar-refractivity contribution is 9.09. The Bertz CT molecular complexity index is 201. The molecule has 1 rings (SSSR count). The van der Waals surface area contributed by atoms with Crippen molar-refractivity contribution in [1.29, 1.82) is 0 Å². The molecular weight excluding hydrogens is 287 g/mol. The standard InChI is InChI=1S/C10H17BrF3NO/c11-3-1-9-2-4-15(7-9)5-6-16-8-10(12,13)14/h9H,1-8H2. The Hall–Kier alpha value is 0.190. The maximum Gasteiger partial charge on any atom is 0.411 e. The minimum absolute atomic E-state index is 0.167. The molecule has 0 saturated carbocycles. The molecule has 1 unspecified atom stereocenters. The molecule has 6 heteroatoms. The van der Waals surface area contributed by atoms with Crippen LogP contribution in [-0.4, -0.2) is 49.3 Å². The lowest BCUT2D eigenvalue weighted by atomic mass is 10.1. The largest absolute Gasteiger partial charge is 0.411 e. The van der Waals surface area contributed by atoms with Crippen molar-refractivity contribution < 1.29 is 17.9 Å². The fraction of sp³-hybridized carbons (Fsp3) is 1.00. The first-order valence-electron chi connectivity index (χ1n) is 5.44. The molecule has 0 N–H and O–H groups in total. The van der Waals surface area contributed by atoms with E-state index in [1.54, 1.807) is 0 Å². The maximum atomic E-state index is 11.8. The third kappa shape index (κ3) is 6.06. The smallest absolute Gasteiger partial charge is 0.371 e. The van der Waals surface area contributed by atoms with Crippen molar-refractivity contribution in [1.82, 2.24) is 4.90 Å². The number of halogens is 4. The average Bonchev–Trinajstić information content (AvgIpc) is 2.60. The molecule has 0 aromatic rings. The highest BCUT2D eigenvalue weighted by Gasteiger charge is 2.27. The quantitative estimate of drug-likeness (QED) is 0.552. The molecule has 1 atom stereocenters. The predicted molar refractivity (Wildman–Crippen MR) is 59.8 cm³/mol. The molecule has 1 fully saturated rings. The highest BCUT2D eigenvalue weighted by atomic mass is 79.9. The van der Waals surface area contributed by atoms with Crippen LogP contribution in [-0.2, 0) is 4.74 Å². The summed E-state index contributed by atoms with van der Waals surface area (Å²) in [6, 6.07) is 0. The van der Waals surface area contributed by atoms with Gasteiger partial charge >= 0.3 is 6.18 Å². The Balaban J connectivity index is 2.02. The zero-order valence-electron chi connectivity index (χ0n) is 9.10.